The highest BCUT2D eigenvalue weighted by Gasteiger charge is 2.16. The Morgan fingerprint density at radius 1 is 1.19 bits per heavy atom. The minimum atomic E-state index is -0.107. The van der Waals surface area contributed by atoms with Gasteiger partial charge >= 0.3 is 0 Å². The molecule has 2 aromatic heterocycles. The molecule has 0 N–H and O–H groups in total. The van der Waals surface area contributed by atoms with Gasteiger partial charge in [0.1, 0.15) is 11.4 Å². The molecular formula is C20H22N4O2. The van der Waals surface area contributed by atoms with E-state index in [4.69, 9.17) is 4.74 Å². The van der Waals surface area contributed by atoms with Crippen molar-refractivity contribution in [2.24, 2.45) is 0 Å². The Hall–Kier alpha value is -3.15. The summed E-state index contributed by atoms with van der Waals surface area (Å²) in [5.41, 5.74) is 3.46. The number of aryl methyl sites for hydroxylation is 1. The molecule has 0 spiro atoms. The molecule has 134 valence electrons. The Balaban J connectivity index is 1.73. The highest BCUT2D eigenvalue weighted by atomic mass is 16.5. The lowest BCUT2D eigenvalue weighted by Crippen LogP contribution is -2.29. The van der Waals surface area contributed by atoms with E-state index in [1.165, 1.54) is 0 Å². The van der Waals surface area contributed by atoms with Gasteiger partial charge in [-0.3, -0.25) is 9.78 Å². The van der Waals surface area contributed by atoms with E-state index in [1.807, 2.05) is 37.3 Å². The summed E-state index contributed by atoms with van der Waals surface area (Å²) in [6.45, 7) is 2.62. The first kappa shape index (κ1) is 17.7. The first-order valence-electron chi connectivity index (χ1n) is 8.43. The topological polar surface area (TPSA) is 60.2 Å². The van der Waals surface area contributed by atoms with Crippen molar-refractivity contribution in [3.8, 4) is 11.4 Å². The van der Waals surface area contributed by atoms with E-state index in [2.05, 4.69) is 10.1 Å². The van der Waals surface area contributed by atoms with Crippen molar-refractivity contribution in [2.45, 2.75) is 13.3 Å². The zero-order chi connectivity index (χ0) is 18.5. The fourth-order valence-electron chi connectivity index (χ4n) is 2.69. The summed E-state index contributed by atoms with van der Waals surface area (Å²) in [5.74, 6) is 0.605. The molecular weight excluding hydrogens is 328 g/mol. The number of hydrogen-bond donors (Lipinski definition) is 0. The summed E-state index contributed by atoms with van der Waals surface area (Å²) < 4.78 is 7.07. The average molecular weight is 350 g/mol. The molecule has 3 rings (SSSR count). The normalized spacial score (nSPS) is 10.6. The first-order chi connectivity index (χ1) is 12.6. The summed E-state index contributed by atoms with van der Waals surface area (Å²) in [6, 6.07) is 11.5. The second kappa shape index (κ2) is 7.82. The molecule has 0 aliphatic heterocycles. The molecule has 0 saturated carbocycles. The largest absolute Gasteiger partial charge is 0.494 e. The second-order valence-electron chi connectivity index (χ2n) is 6.15. The van der Waals surface area contributed by atoms with Crippen LogP contribution >= 0.6 is 0 Å². The molecule has 0 aliphatic rings. The van der Waals surface area contributed by atoms with Crippen LogP contribution in [0.25, 0.3) is 5.69 Å². The molecule has 3 aromatic rings. The smallest absolute Gasteiger partial charge is 0.274 e. The van der Waals surface area contributed by atoms with Crippen molar-refractivity contribution >= 4 is 5.91 Å². The summed E-state index contributed by atoms with van der Waals surface area (Å²) in [7, 11) is 3.41. The molecule has 26 heavy (non-hydrogen) atoms. The third-order valence-electron chi connectivity index (χ3n) is 4.22. The van der Waals surface area contributed by atoms with Crippen molar-refractivity contribution in [2.75, 3.05) is 20.7 Å². The first-order valence-corrected chi connectivity index (χ1v) is 8.43. The molecule has 1 amide bonds. The van der Waals surface area contributed by atoms with Crippen molar-refractivity contribution < 1.29 is 9.53 Å². The summed E-state index contributed by atoms with van der Waals surface area (Å²) >= 11 is 0. The van der Waals surface area contributed by atoms with Gasteiger partial charge in [-0.1, -0.05) is 6.07 Å². The number of carbonyl (C=O) groups excluding carboxylic acids is 1. The molecule has 0 aliphatic carbocycles. The van der Waals surface area contributed by atoms with Crippen LogP contribution in [0.3, 0.4) is 0 Å². The van der Waals surface area contributed by atoms with E-state index in [0.717, 1.165) is 23.2 Å². The fourth-order valence-corrected chi connectivity index (χ4v) is 2.69. The Morgan fingerprint density at radius 2 is 1.96 bits per heavy atom. The highest BCUT2D eigenvalue weighted by Crippen LogP contribution is 2.23. The molecule has 0 fully saturated rings. The lowest BCUT2D eigenvalue weighted by molar-refractivity contribution is 0.0790. The predicted molar refractivity (Wildman–Crippen MR) is 99.8 cm³/mol. The van der Waals surface area contributed by atoms with Crippen LogP contribution in [-0.2, 0) is 6.42 Å². The minimum Gasteiger partial charge on any atom is -0.494 e. The van der Waals surface area contributed by atoms with Gasteiger partial charge in [-0.15, -0.1) is 0 Å². The molecule has 2 heterocycles. The van der Waals surface area contributed by atoms with E-state index < -0.39 is 0 Å². The van der Waals surface area contributed by atoms with Crippen LogP contribution in [0, 0.1) is 6.92 Å². The number of benzene rings is 1. The van der Waals surface area contributed by atoms with E-state index in [9.17, 15) is 4.79 Å². The SMILES string of the molecule is COc1ccc(C)cc1-n1ccc(C(=O)N(C)CCc2ccncc2)n1. The predicted octanol–water partition coefficient (Wildman–Crippen LogP) is 2.90. The van der Waals surface area contributed by atoms with Crippen molar-refractivity contribution in [3.05, 3.63) is 71.8 Å². The number of rotatable bonds is 6. The Kier molecular flexibility index (Phi) is 5.31. The van der Waals surface area contributed by atoms with Crippen LogP contribution in [0.5, 0.6) is 5.75 Å². The summed E-state index contributed by atoms with van der Waals surface area (Å²) in [6.07, 6.45) is 6.07. The highest BCUT2D eigenvalue weighted by molar-refractivity contribution is 5.92. The van der Waals surface area contributed by atoms with Gasteiger partial charge in [0.05, 0.1) is 7.11 Å². The Labute approximate surface area is 153 Å². The summed E-state index contributed by atoms with van der Waals surface area (Å²) in [5, 5.41) is 4.44. The number of carbonyl (C=O) groups is 1. The van der Waals surface area contributed by atoms with Crippen LogP contribution in [0.1, 0.15) is 21.6 Å². The molecule has 0 atom stereocenters. The molecule has 0 radical (unpaired) electrons. The van der Waals surface area contributed by atoms with E-state index >= 15 is 0 Å². The Morgan fingerprint density at radius 3 is 2.69 bits per heavy atom. The quantitative estimate of drug-likeness (QED) is 0.686. The number of likely N-dealkylation sites (N-methyl/N-ethyl adjacent to an activating group) is 1. The number of hydrogen-bond acceptors (Lipinski definition) is 4. The van der Waals surface area contributed by atoms with Crippen LogP contribution in [0.2, 0.25) is 0 Å². The zero-order valence-corrected chi connectivity index (χ0v) is 15.2. The molecule has 0 saturated heterocycles. The van der Waals surface area contributed by atoms with Crippen molar-refractivity contribution in [3.63, 3.8) is 0 Å². The second-order valence-corrected chi connectivity index (χ2v) is 6.15. The van der Waals surface area contributed by atoms with E-state index in [-0.39, 0.29) is 5.91 Å². The van der Waals surface area contributed by atoms with Gasteiger partial charge in [0.25, 0.3) is 5.91 Å². The van der Waals surface area contributed by atoms with Gasteiger partial charge in [-0.2, -0.15) is 5.10 Å². The third-order valence-corrected chi connectivity index (χ3v) is 4.22. The number of pyridine rings is 1. The zero-order valence-electron chi connectivity index (χ0n) is 15.2. The van der Waals surface area contributed by atoms with Gasteiger partial charge in [0.2, 0.25) is 0 Å². The van der Waals surface area contributed by atoms with E-state index in [1.54, 1.807) is 48.4 Å². The molecule has 1 aromatic carbocycles. The lowest BCUT2D eigenvalue weighted by atomic mass is 10.2. The number of nitrogens with zero attached hydrogens (tertiary/aromatic N) is 4. The van der Waals surface area contributed by atoms with Crippen LogP contribution in [-0.4, -0.2) is 46.3 Å². The lowest BCUT2D eigenvalue weighted by Gasteiger charge is -2.15. The fraction of sp³-hybridized carbons (Fsp3) is 0.250. The maximum Gasteiger partial charge on any atom is 0.274 e. The number of ether oxygens (including phenoxy) is 1. The molecule has 6 nitrogen and oxygen atoms in total. The molecule has 0 unspecified atom stereocenters. The average Bonchev–Trinajstić information content (AvgIpc) is 3.16. The van der Waals surface area contributed by atoms with Crippen molar-refractivity contribution in [1.82, 2.24) is 19.7 Å². The van der Waals surface area contributed by atoms with Crippen LogP contribution in [0.15, 0.2) is 55.0 Å². The van der Waals surface area contributed by atoms with Crippen LogP contribution < -0.4 is 4.74 Å². The number of aromatic nitrogens is 3. The van der Waals surface area contributed by atoms with Crippen molar-refractivity contribution in [1.29, 1.82) is 0 Å². The van der Waals surface area contributed by atoms with Crippen LogP contribution in [0.4, 0.5) is 0 Å². The summed E-state index contributed by atoms with van der Waals surface area (Å²) in [4.78, 5) is 18.3. The number of amides is 1. The minimum absolute atomic E-state index is 0.107. The van der Waals surface area contributed by atoms with E-state index in [0.29, 0.717) is 18.0 Å². The maximum absolute atomic E-state index is 12.6. The number of methoxy groups -OCH3 is 1. The van der Waals surface area contributed by atoms with Gasteiger partial charge < -0.3 is 9.64 Å². The van der Waals surface area contributed by atoms with Gasteiger partial charge in [0, 0.05) is 32.2 Å². The standard InChI is InChI=1S/C20H22N4O2/c1-15-4-5-19(26-3)18(14-15)24-13-9-17(22-24)20(25)23(2)12-8-16-6-10-21-11-7-16/h4-7,9-11,13-14H,8,12H2,1-3H3. The molecule has 0 bridgehead atoms. The Bertz CT molecular complexity index is 890. The molecule has 6 heteroatoms. The maximum atomic E-state index is 12.6. The van der Waals surface area contributed by atoms with Gasteiger partial charge in [-0.05, 0) is 54.8 Å². The van der Waals surface area contributed by atoms with Gasteiger partial charge in [0.15, 0.2) is 5.69 Å². The monoisotopic (exact) mass is 350 g/mol. The third kappa shape index (κ3) is 3.91. The van der Waals surface area contributed by atoms with Gasteiger partial charge in [-0.25, -0.2) is 4.68 Å².